The maximum atomic E-state index is 6.49. The zero-order valence-electron chi connectivity index (χ0n) is 13.8. The summed E-state index contributed by atoms with van der Waals surface area (Å²) >= 11 is 1.64. The van der Waals surface area contributed by atoms with E-state index in [4.69, 9.17) is 12.7 Å². The maximum Gasteiger partial charge on any atom is 0.292 e. The van der Waals surface area contributed by atoms with Gasteiger partial charge in [-0.05, 0) is 37.5 Å². The molecular formula is C17H20BN4OS. The summed E-state index contributed by atoms with van der Waals surface area (Å²) in [7, 11) is 6.49. The van der Waals surface area contributed by atoms with Crippen molar-refractivity contribution in [3.63, 3.8) is 0 Å². The van der Waals surface area contributed by atoms with E-state index in [-0.39, 0.29) is 5.60 Å². The van der Waals surface area contributed by atoms with Gasteiger partial charge in [-0.3, -0.25) is 5.32 Å². The molecule has 1 unspecified atom stereocenters. The molecule has 1 aromatic heterocycles. The number of piperidine rings is 3. The molecule has 1 spiro atoms. The van der Waals surface area contributed by atoms with E-state index in [1.807, 2.05) is 0 Å². The van der Waals surface area contributed by atoms with Crippen LogP contribution in [0.3, 0.4) is 0 Å². The second-order valence-corrected chi connectivity index (χ2v) is 8.53. The van der Waals surface area contributed by atoms with Crippen molar-refractivity contribution < 1.29 is 9.13 Å². The standard InChI is InChI=1S/C17H20BN4OS/c1-11-2-3-13-14(8-11)24-16(20-13)21-15-19-9-17(23-15)10-22(18)6-4-12(17)5-7-22/h2-3,8,12H,4-7,9-10H2,1H3,(H,19,20,21). The molecule has 3 saturated heterocycles. The van der Waals surface area contributed by atoms with Crippen LogP contribution >= 0.6 is 11.3 Å². The summed E-state index contributed by atoms with van der Waals surface area (Å²) in [5, 5.41) is 4.12. The van der Waals surface area contributed by atoms with Gasteiger partial charge in [-0.25, -0.2) is 18.0 Å². The van der Waals surface area contributed by atoms with E-state index in [2.05, 4.69) is 40.4 Å². The van der Waals surface area contributed by atoms with Crippen LogP contribution in [0.25, 0.3) is 10.2 Å². The Hall–Kier alpha value is -1.60. The Labute approximate surface area is 146 Å². The van der Waals surface area contributed by atoms with Gasteiger partial charge in [-0.2, -0.15) is 0 Å². The van der Waals surface area contributed by atoms with Crippen molar-refractivity contribution in [3.8, 4) is 0 Å². The Morgan fingerprint density at radius 1 is 1.38 bits per heavy atom. The summed E-state index contributed by atoms with van der Waals surface area (Å²) < 4.78 is 8.14. The summed E-state index contributed by atoms with van der Waals surface area (Å²) in [6.07, 6.45) is 2.28. The Bertz CT molecular complexity index is 842. The topological polar surface area (TPSA) is 46.5 Å². The molecule has 1 aromatic carbocycles. The van der Waals surface area contributed by atoms with Gasteiger partial charge in [-0.15, -0.1) is 0 Å². The van der Waals surface area contributed by atoms with Crippen LogP contribution in [-0.2, 0) is 4.74 Å². The van der Waals surface area contributed by atoms with Crippen LogP contribution in [0.5, 0.6) is 0 Å². The molecule has 5 heterocycles. The maximum absolute atomic E-state index is 6.49. The summed E-state index contributed by atoms with van der Waals surface area (Å²) in [5.41, 5.74) is 2.05. The third kappa shape index (κ3) is 2.25. The first-order chi connectivity index (χ1) is 11.5. The highest BCUT2D eigenvalue weighted by atomic mass is 32.1. The van der Waals surface area contributed by atoms with E-state index >= 15 is 0 Å². The lowest BCUT2D eigenvalue weighted by molar-refractivity contribution is -0.845. The highest BCUT2D eigenvalue weighted by molar-refractivity contribution is 7.22. The number of thiazole rings is 1. The molecule has 1 N–H and O–H groups in total. The summed E-state index contributed by atoms with van der Waals surface area (Å²) in [6, 6.07) is 6.90. The number of aliphatic imine (C=N–C) groups is 1. The Balaban J connectivity index is 1.35. The number of amidine groups is 1. The van der Waals surface area contributed by atoms with Crippen molar-refractivity contribution in [2.24, 2.45) is 10.9 Å². The Morgan fingerprint density at radius 2 is 2.21 bits per heavy atom. The van der Waals surface area contributed by atoms with E-state index in [9.17, 15) is 0 Å². The van der Waals surface area contributed by atoms with E-state index in [0.29, 0.717) is 22.9 Å². The van der Waals surface area contributed by atoms with E-state index in [0.717, 1.165) is 43.1 Å². The molecule has 6 rings (SSSR count). The third-order valence-electron chi connectivity index (χ3n) is 5.72. The molecule has 0 aliphatic carbocycles. The molecule has 2 bridgehead atoms. The second kappa shape index (κ2) is 4.96. The van der Waals surface area contributed by atoms with Crippen molar-refractivity contribution in [1.82, 2.24) is 4.98 Å². The van der Waals surface area contributed by atoms with Crippen molar-refractivity contribution in [2.75, 3.05) is 31.5 Å². The van der Waals surface area contributed by atoms with Gasteiger partial charge in [0.25, 0.3) is 6.02 Å². The molecule has 0 saturated carbocycles. The molecular weight excluding hydrogens is 319 g/mol. The highest BCUT2D eigenvalue weighted by Gasteiger charge is 2.54. The van der Waals surface area contributed by atoms with Crippen molar-refractivity contribution in [3.05, 3.63) is 23.8 Å². The molecule has 5 nitrogen and oxygen atoms in total. The van der Waals surface area contributed by atoms with Gasteiger partial charge < -0.3 is 9.13 Å². The number of hydrogen-bond acceptors (Lipinski definition) is 5. The molecule has 3 fully saturated rings. The van der Waals surface area contributed by atoms with Gasteiger partial charge in [0.1, 0.15) is 0 Å². The predicted molar refractivity (Wildman–Crippen MR) is 97.4 cm³/mol. The smallest absolute Gasteiger partial charge is 0.292 e. The van der Waals surface area contributed by atoms with Gasteiger partial charge in [0, 0.05) is 19.0 Å². The quantitative estimate of drug-likeness (QED) is 0.812. The molecule has 123 valence electrons. The monoisotopic (exact) mass is 339 g/mol. The number of benzene rings is 1. The fourth-order valence-electron chi connectivity index (χ4n) is 4.43. The average Bonchev–Trinajstić information content (AvgIpc) is 3.11. The number of fused-ring (bicyclic) bond motifs is 3. The Kier molecular flexibility index (Phi) is 3.04. The predicted octanol–water partition coefficient (Wildman–Crippen LogP) is 2.47. The SMILES string of the molecule is [B-][N+]12CCC(CC1)C1(CN=C(Nc3nc4ccc(C)cc4s3)O1)C2. The van der Waals surface area contributed by atoms with Gasteiger partial charge in [0.15, 0.2) is 10.7 Å². The van der Waals surface area contributed by atoms with Crippen LogP contribution < -0.4 is 5.32 Å². The summed E-state index contributed by atoms with van der Waals surface area (Å²) in [6.45, 7) is 5.80. The summed E-state index contributed by atoms with van der Waals surface area (Å²) in [4.78, 5) is 9.26. The van der Waals surface area contributed by atoms with E-state index < -0.39 is 0 Å². The first kappa shape index (κ1) is 14.7. The minimum Gasteiger partial charge on any atom is -0.585 e. The number of nitrogens with zero attached hydrogens (tertiary/aromatic N) is 3. The number of hydrogen-bond donors (Lipinski definition) is 1. The molecule has 24 heavy (non-hydrogen) atoms. The van der Waals surface area contributed by atoms with E-state index in [1.54, 1.807) is 11.3 Å². The molecule has 4 aliphatic heterocycles. The number of ether oxygens (including phenoxy) is 1. The normalized spacial score (nSPS) is 34.6. The minimum atomic E-state index is -0.207. The largest absolute Gasteiger partial charge is 0.585 e. The second-order valence-electron chi connectivity index (χ2n) is 7.50. The molecule has 3 radical (unpaired) electrons. The van der Waals surface area contributed by atoms with Gasteiger partial charge in [0.05, 0.1) is 23.3 Å². The number of aromatic nitrogens is 1. The molecule has 7 heteroatoms. The van der Waals surface area contributed by atoms with Crippen molar-refractivity contribution in [2.45, 2.75) is 25.4 Å². The van der Waals surface area contributed by atoms with Crippen LogP contribution in [0.15, 0.2) is 23.2 Å². The van der Waals surface area contributed by atoms with Crippen LogP contribution in [0.2, 0.25) is 0 Å². The minimum absolute atomic E-state index is 0.207. The van der Waals surface area contributed by atoms with E-state index in [1.165, 1.54) is 10.3 Å². The first-order valence-corrected chi connectivity index (χ1v) is 9.38. The van der Waals surface area contributed by atoms with Gasteiger partial charge in [0.2, 0.25) is 0 Å². The lowest BCUT2D eigenvalue weighted by atomic mass is 9.72. The number of aryl methyl sites for hydroxylation is 1. The van der Waals surface area contributed by atoms with Crippen LogP contribution in [0, 0.1) is 12.8 Å². The van der Waals surface area contributed by atoms with Crippen LogP contribution in [-0.4, -0.2) is 55.2 Å². The zero-order chi connectivity index (χ0) is 16.4. The third-order valence-corrected chi connectivity index (χ3v) is 6.65. The molecule has 0 amide bonds. The summed E-state index contributed by atoms with van der Waals surface area (Å²) in [5.74, 6) is 0.571. The fraction of sp³-hybridized carbons (Fsp3) is 0.529. The number of rotatable bonds is 1. The number of nitrogens with one attached hydrogen (secondary N) is 1. The van der Waals surface area contributed by atoms with Crippen LogP contribution in [0.1, 0.15) is 18.4 Å². The van der Waals surface area contributed by atoms with Gasteiger partial charge in [-0.1, -0.05) is 17.4 Å². The lowest BCUT2D eigenvalue weighted by Gasteiger charge is -2.64. The zero-order valence-corrected chi connectivity index (χ0v) is 14.6. The van der Waals surface area contributed by atoms with Crippen LogP contribution in [0.4, 0.5) is 5.13 Å². The first-order valence-electron chi connectivity index (χ1n) is 8.56. The molecule has 4 aliphatic rings. The highest BCUT2D eigenvalue weighted by Crippen LogP contribution is 2.43. The molecule has 1 atom stereocenters. The fourth-order valence-corrected chi connectivity index (χ4v) is 5.38. The van der Waals surface area contributed by atoms with Crippen molar-refractivity contribution in [1.29, 1.82) is 0 Å². The molecule has 2 aromatic rings. The van der Waals surface area contributed by atoms with Crippen molar-refractivity contribution >= 4 is 40.7 Å². The lowest BCUT2D eigenvalue weighted by Crippen LogP contribution is -2.69. The number of quaternary nitrogens is 1. The average molecular weight is 339 g/mol. The Morgan fingerprint density at radius 3 is 3.00 bits per heavy atom. The number of anilines is 1. The van der Waals surface area contributed by atoms with Gasteiger partial charge >= 0.3 is 0 Å².